The summed E-state index contributed by atoms with van der Waals surface area (Å²) in [6, 6.07) is 17.5. The Bertz CT molecular complexity index is 694. The molecule has 3 rings (SSSR count). The van der Waals surface area contributed by atoms with Gasteiger partial charge in [0.15, 0.2) is 5.78 Å². The molecule has 0 saturated heterocycles. The molecule has 1 aliphatic rings. The molecular formula is C19H18ClNO. The van der Waals surface area contributed by atoms with E-state index in [-0.39, 0.29) is 11.8 Å². The zero-order chi connectivity index (χ0) is 15.4. The first-order valence-electron chi connectivity index (χ1n) is 7.64. The first kappa shape index (κ1) is 15.0. The molecule has 0 aliphatic carbocycles. The number of hydrogen-bond donors (Lipinski definition) is 0. The summed E-state index contributed by atoms with van der Waals surface area (Å²) >= 11 is 6.22. The van der Waals surface area contributed by atoms with Gasteiger partial charge in [0.2, 0.25) is 0 Å². The van der Waals surface area contributed by atoms with Gasteiger partial charge in [-0.25, -0.2) is 0 Å². The smallest absolute Gasteiger partial charge is 0.162 e. The van der Waals surface area contributed by atoms with Gasteiger partial charge in [-0.05, 0) is 25.3 Å². The summed E-state index contributed by atoms with van der Waals surface area (Å²) in [5.74, 6) is 0.196. The second kappa shape index (κ2) is 6.89. The third-order valence-corrected chi connectivity index (χ3v) is 4.37. The molecule has 0 bridgehead atoms. The lowest BCUT2D eigenvalue weighted by Gasteiger charge is -2.05. The molecule has 0 aromatic heterocycles. The lowest BCUT2D eigenvalue weighted by molar-refractivity contribution is 0.0977. The maximum absolute atomic E-state index is 12.1. The Morgan fingerprint density at radius 3 is 2.59 bits per heavy atom. The number of hydrogen-bond acceptors (Lipinski definition) is 2. The first-order valence-corrected chi connectivity index (χ1v) is 8.01. The van der Waals surface area contributed by atoms with Gasteiger partial charge in [0.05, 0.1) is 6.04 Å². The number of halogens is 1. The summed E-state index contributed by atoms with van der Waals surface area (Å²) in [5.41, 5.74) is 2.89. The number of rotatable bonds is 5. The van der Waals surface area contributed by atoms with E-state index in [4.69, 9.17) is 16.6 Å². The maximum atomic E-state index is 12.1. The lowest BCUT2D eigenvalue weighted by Crippen LogP contribution is -2.05. The molecule has 0 spiro atoms. The summed E-state index contributed by atoms with van der Waals surface area (Å²) < 4.78 is 0. The van der Waals surface area contributed by atoms with Gasteiger partial charge < -0.3 is 0 Å². The number of carbonyl (C=O) groups is 1. The van der Waals surface area contributed by atoms with Crippen LogP contribution in [0, 0.1) is 0 Å². The minimum atomic E-state index is 0.196. The van der Waals surface area contributed by atoms with E-state index in [1.54, 1.807) is 0 Å². The zero-order valence-electron chi connectivity index (χ0n) is 12.3. The average Bonchev–Trinajstić information content (AvgIpc) is 3.02. The predicted octanol–water partition coefficient (Wildman–Crippen LogP) is 4.95. The van der Waals surface area contributed by atoms with Crippen molar-refractivity contribution < 1.29 is 4.79 Å². The topological polar surface area (TPSA) is 29.4 Å². The Labute approximate surface area is 135 Å². The fourth-order valence-corrected chi connectivity index (χ4v) is 3.07. The van der Waals surface area contributed by atoms with Crippen LogP contribution >= 0.6 is 11.6 Å². The van der Waals surface area contributed by atoms with Crippen molar-refractivity contribution in [1.82, 2.24) is 0 Å². The number of ketones is 1. The molecule has 2 aromatic rings. The molecule has 3 heteroatoms. The molecule has 2 nitrogen and oxygen atoms in total. The summed E-state index contributed by atoms with van der Waals surface area (Å²) in [5, 5.41) is 0.752. The molecule has 1 atom stereocenters. The van der Waals surface area contributed by atoms with E-state index in [0.29, 0.717) is 6.42 Å². The SMILES string of the molecule is O=C(CCC1CCC(c2ccccc2Cl)=N1)c1ccccc1. The van der Waals surface area contributed by atoms with Crippen LogP contribution in [0.15, 0.2) is 59.6 Å². The first-order chi connectivity index (χ1) is 10.7. The minimum absolute atomic E-state index is 0.196. The second-order valence-corrected chi connectivity index (χ2v) is 5.98. The van der Waals surface area contributed by atoms with E-state index in [9.17, 15) is 4.79 Å². The molecule has 1 aliphatic heterocycles. The van der Waals surface area contributed by atoms with E-state index in [2.05, 4.69) is 0 Å². The molecule has 1 heterocycles. The van der Waals surface area contributed by atoms with Crippen LogP contribution in [0.3, 0.4) is 0 Å². The van der Waals surface area contributed by atoms with Gasteiger partial charge in [-0.1, -0.05) is 60.1 Å². The molecule has 2 aromatic carbocycles. The van der Waals surface area contributed by atoms with Gasteiger partial charge in [-0.3, -0.25) is 9.79 Å². The van der Waals surface area contributed by atoms with Gasteiger partial charge in [0.1, 0.15) is 0 Å². The molecule has 0 amide bonds. The summed E-state index contributed by atoms with van der Waals surface area (Å²) in [6.07, 6.45) is 3.30. The van der Waals surface area contributed by atoms with Crippen molar-refractivity contribution in [2.75, 3.05) is 0 Å². The zero-order valence-corrected chi connectivity index (χ0v) is 13.1. The van der Waals surface area contributed by atoms with Crippen molar-refractivity contribution in [2.45, 2.75) is 31.7 Å². The van der Waals surface area contributed by atoms with Crippen molar-refractivity contribution >= 4 is 23.1 Å². The van der Waals surface area contributed by atoms with Crippen LogP contribution in [0.1, 0.15) is 41.6 Å². The standard InChI is InChI=1S/C19H18ClNO/c20-17-9-5-4-8-16(17)18-12-10-15(21-18)11-13-19(22)14-6-2-1-3-7-14/h1-9,15H,10-13H2. The van der Waals surface area contributed by atoms with Gasteiger partial charge in [-0.2, -0.15) is 0 Å². The summed E-state index contributed by atoms with van der Waals surface area (Å²) in [4.78, 5) is 16.9. The van der Waals surface area contributed by atoms with E-state index >= 15 is 0 Å². The van der Waals surface area contributed by atoms with Crippen LogP contribution in [-0.4, -0.2) is 17.5 Å². The molecule has 0 fully saturated rings. The van der Waals surface area contributed by atoms with Crippen LogP contribution < -0.4 is 0 Å². The fourth-order valence-electron chi connectivity index (χ4n) is 2.83. The Balaban J connectivity index is 1.61. The fraction of sp³-hybridized carbons (Fsp3) is 0.263. The Hall–Kier alpha value is -1.93. The number of carbonyl (C=O) groups excluding carboxylic acids is 1. The maximum Gasteiger partial charge on any atom is 0.162 e. The monoisotopic (exact) mass is 311 g/mol. The van der Waals surface area contributed by atoms with Crippen molar-refractivity contribution in [3.05, 3.63) is 70.7 Å². The summed E-state index contributed by atoms with van der Waals surface area (Å²) in [6.45, 7) is 0. The Morgan fingerprint density at radius 2 is 1.82 bits per heavy atom. The van der Waals surface area contributed by atoms with Gasteiger partial charge in [0, 0.05) is 28.3 Å². The van der Waals surface area contributed by atoms with E-state index in [1.165, 1.54) is 0 Å². The lowest BCUT2D eigenvalue weighted by atomic mass is 10.0. The molecule has 22 heavy (non-hydrogen) atoms. The summed E-state index contributed by atoms with van der Waals surface area (Å²) in [7, 11) is 0. The van der Waals surface area contributed by atoms with Crippen molar-refractivity contribution in [3.63, 3.8) is 0 Å². The van der Waals surface area contributed by atoms with Crippen LogP contribution in [-0.2, 0) is 0 Å². The van der Waals surface area contributed by atoms with Crippen molar-refractivity contribution in [3.8, 4) is 0 Å². The van der Waals surface area contributed by atoms with Crippen molar-refractivity contribution in [1.29, 1.82) is 0 Å². The van der Waals surface area contributed by atoms with Crippen LogP contribution in [0.25, 0.3) is 0 Å². The largest absolute Gasteiger partial charge is 0.294 e. The van der Waals surface area contributed by atoms with Crippen LogP contribution in [0.5, 0.6) is 0 Å². The third kappa shape index (κ3) is 3.45. The number of benzene rings is 2. The second-order valence-electron chi connectivity index (χ2n) is 5.58. The van der Waals surface area contributed by atoms with E-state index in [1.807, 2.05) is 54.6 Å². The predicted molar refractivity (Wildman–Crippen MR) is 91.0 cm³/mol. The Kier molecular flexibility index (Phi) is 4.69. The van der Waals surface area contributed by atoms with E-state index < -0.39 is 0 Å². The number of nitrogens with zero attached hydrogens (tertiary/aromatic N) is 1. The number of aliphatic imine (C=N–C) groups is 1. The molecule has 0 radical (unpaired) electrons. The Morgan fingerprint density at radius 1 is 1.09 bits per heavy atom. The van der Waals surface area contributed by atoms with Gasteiger partial charge in [-0.15, -0.1) is 0 Å². The molecule has 112 valence electrons. The van der Waals surface area contributed by atoms with Crippen molar-refractivity contribution in [2.24, 2.45) is 4.99 Å². The number of Topliss-reactive ketones (excluding diaryl/α,β-unsaturated/α-hetero) is 1. The van der Waals surface area contributed by atoms with Gasteiger partial charge >= 0.3 is 0 Å². The molecule has 0 N–H and O–H groups in total. The van der Waals surface area contributed by atoms with E-state index in [0.717, 1.165) is 41.1 Å². The van der Waals surface area contributed by atoms with Crippen LogP contribution in [0.2, 0.25) is 5.02 Å². The molecule has 0 saturated carbocycles. The van der Waals surface area contributed by atoms with Gasteiger partial charge in [0.25, 0.3) is 0 Å². The average molecular weight is 312 g/mol. The highest BCUT2D eigenvalue weighted by Gasteiger charge is 2.20. The molecular weight excluding hydrogens is 294 g/mol. The highest BCUT2D eigenvalue weighted by Crippen LogP contribution is 2.26. The van der Waals surface area contributed by atoms with Crippen LogP contribution in [0.4, 0.5) is 0 Å². The highest BCUT2D eigenvalue weighted by molar-refractivity contribution is 6.34. The quantitative estimate of drug-likeness (QED) is 0.718. The highest BCUT2D eigenvalue weighted by atomic mass is 35.5. The molecule has 1 unspecified atom stereocenters. The minimum Gasteiger partial charge on any atom is -0.294 e. The normalized spacial score (nSPS) is 17.3. The third-order valence-electron chi connectivity index (χ3n) is 4.04.